The molecule has 0 fully saturated rings. The van der Waals surface area contributed by atoms with Gasteiger partial charge in [0.15, 0.2) is 0 Å². The molecule has 0 radical (unpaired) electrons. The molecular formula is C14H18IN3O2S. The fourth-order valence-corrected chi connectivity index (χ4v) is 4.32. The number of aromatic nitrogens is 1. The molecule has 21 heavy (non-hydrogen) atoms. The van der Waals surface area contributed by atoms with Crippen LogP contribution < -0.4 is 15.4 Å². The number of amides is 2. The van der Waals surface area contributed by atoms with Crippen LogP contribution in [0.3, 0.4) is 0 Å². The molecule has 0 saturated heterocycles. The highest BCUT2D eigenvalue weighted by Crippen LogP contribution is 2.34. The summed E-state index contributed by atoms with van der Waals surface area (Å²) in [6.07, 6.45) is 0.785. The standard InChI is InChI=1S/C14H18IN3O2S/c1-9-11(6-7-17-14(19)16-2)12-8-10(20-3)4-5-13(12)18(9)21-15/h4-5,8H,6-7H2,1-3H3,(H2,16,17,19). The number of urea groups is 1. The topological polar surface area (TPSA) is 55.3 Å². The van der Waals surface area contributed by atoms with Crippen molar-refractivity contribution < 1.29 is 9.53 Å². The molecule has 0 aliphatic carbocycles. The summed E-state index contributed by atoms with van der Waals surface area (Å²) in [4.78, 5) is 11.3. The van der Waals surface area contributed by atoms with Crippen molar-refractivity contribution in [2.75, 3.05) is 20.7 Å². The molecule has 0 atom stereocenters. The number of ether oxygens (including phenoxy) is 1. The third-order valence-corrected chi connectivity index (χ3v) is 5.24. The second-order valence-corrected chi connectivity index (χ2v) is 6.25. The lowest BCUT2D eigenvalue weighted by Gasteiger charge is -2.05. The maximum absolute atomic E-state index is 11.3. The van der Waals surface area contributed by atoms with Gasteiger partial charge in [0.1, 0.15) is 5.75 Å². The van der Waals surface area contributed by atoms with E-state index in [1.165, 1.54) is 22.2 Å². The first-order chi connectivity index (χ1) is 10.1. The van der Waals surface area contributed by atoms with E-state index in [1.807, 2.05) is 6.07 Å². The first-order valence-electron chi connectivity index (χ1n) is 6.55. The molecule has 5 nitrogen and oxygen atoms in total. The Hall–Kier alpha value is -1.09. The van der Waals surface area contributed by atoms with Crippen LogP contribution in [0, 0.1) is 6.92 Å². The number of methoxy groups -OCH3 is 1. The molecule has 1 aromatic carbocycles. The summed E-state index contributed by atoms with van der Waals surface area (Å²) in [5.41, 5.74) is 3.61. The molecule has 0 spiro atoms. The lowest BCUT2D eigenvalue weighted by Crippen LogP contribution is -2.34. The lowest BCUT2D eigenvalue weighted by atomic mass is 10.1. The molecule has 2 amide bonds. The zero-order valence-corrected chi connectivity index (χ0v) is 15.2. The van der Waals surface area contributed by atoms with Gasteiger partial charge in [0.05, 0.1) is 12.6 Å². The number of fused-ring (bicyclic) bond motifs is 1. The van der Waals surface area contributed by atoms with Crippen molar-refractivity contribution in [1.29, 1.82) is 0 Å². The maximum Gasteiger partial charge on any atom is 0.314 e. The summed E-state index contributed by atoms with van der Waals surface area (Å²) < 4.78 is 7.52. The maximum atomic E-state index is 11.3. The Morgan fingerprint density at radius 2 is 2.24 bits per heavy atom. The third-order valence-electron chi connectivity index (χ3n) is 3.45. The molecular weight excluding hydrogens is 401 g/mol. The Balaban J connectivity index is 2.36. The summed E-state index contributed by atoms with van der Waals surface area (Å²) in [5.74, 6) is 0.846. The fourth-order valence-electron chi connectivity index (χ4n) is 2.35. The van der Waals surface area contributed by atoms with E-state index in [1.54, 1.807) is 23.3 Å². The van der Waals surface area contributed by atoms with Crippen molar-refractivity contribution in [3.05, 3.63) is 29.5 Å². The smallest absolute Gasteiger partial charge is 0.314 e. The lowest BCUT2D eigenvalue weighted by molar-refractivity contribution is 0.243. The normalized spacial score (nSPS) is 10.7. The Kier molecular flexibility index (Phi) is 5.63. The number of nitrogens with one attached hydrogen (secondary N) is 2. The van der Waals surface area contributed by atoms with E-state index in [9.17, 15) is 4.79 Å². The summed E-state index contributed by atoms with van der Waals surface area (Å²) in [6.45, 7) is 2.70. The number of rotatable bonds is 5. The zero-order valence-electron chi connectivity index (χ0n) is 12.2. The number of hydrogen-bond acceptors (Lipinski definition) is 3. The van der Waals surface area contributed by atoms with Gasteiger partial charge in [-0.1, -0.05) is 0 Å². The molecule has 0 saturated carbocycles. The fraction of sp³-hybridized carbons (Fsp3) is 0.357. The van der Waals surface area contributed by atoms with Crippen molar-refractivity contribution >= 4 is 47.3 Å². The summed E-state index contributed by atoms with van der Waals surface area (Å²) in [6, 6.07) is 5.94. The molecule has 0 unspecified atom stereocenters. The molecule has 1 aromatic heterocycles. The molecule has 0 aliphatic rings. The average molecular weight is 419 g/mol. The predicted octanol–water partition coefficient (Wildman–Crippen LogP) is 3.28. The molecule has 0 aliphatic heterocycles. The quantitative estimate of drug-likeness (QED) is 0.732. The first kappa shape index (κ1) is 16.3. The Morgan fingerprint density at radius 3 is 2.86 bits per heavy atom. The number of carbonyl (C=O) groups is 1. The summed E-state index contributed by atoms with van der Waals surface area (Å²) in [5, 5.41) is 6.56. The van der Waals surface area contributed by atoms with Crippen LogP contribution in [0.25, 0.3) is 10.9 Å². The van der Waals surface area contributed by atoms with Crippen LogP contribution >= 0.6 is 30.3 Å². The summed E-state index contributed by atoms with van der Waals surface area (Å²) >= 11 is 2.28. The largest absolute Gasteiger partial charge is 0.497 e. The van der Waals surface area contributed by atoms with Gasteiger partial charge in [-0.2, -0.15) is 0 Å². The Morgan fingerprint density at radius 1 is 1.48 bits per heavy atom. The van der Waals surface area contributed by atoms with Crippen LogP contribution in [0.2, 0.25) is 0 Å². The molecule has 7 heteroatoms. The van der Waals surface area contributed by atoms with Gasteiger partial charge in [0, 0.05) is 55.0 Å². The van der Waals surface area contributed by atoms with E-state index in [0.717, 1.165) is 12.2 Å². The van der Waals surface area contributed by atoms with Crippen molar-refractivity contribution in [3.63, 3.8) is 0 Å². The highest BCUT2D eigenvalue weighted by atomic mass is 127. The van der Waals surface area contributed by atoms with Crippen LogP contribution in [0.4, 0.5) is 4.79 Å². The monoisotopic (exact) mass is 419 g/mol. The van der Waals surface area contributed by atoms with Gasteiger partial charge < -0.3 is 15.4 Å². The minimum atomic E-state index is -0.155. The van der Waals surface area contributed by atoms with Crippen LogP contribution in [0.1, 0.15) is 11.3 Å². The first-order valence-corrected chi connectivity index (χ1v) is 9.86. The number of benzene rings is 1. The molecule has 2 aromatic rings. The number of hydrogen-bond donors (Lipinski definition) is 2. The van der Waals surface area contributed by atoms with E-state index in [2.05, 4.69) is 54.9 Å². The third kappa shape index (κ3) is 3.39. The highest BCUT2D eigenvalue weighted by Gasteiger charge is 2.15. The van der Waals surface area contributed by atoms with Crippen molar-refractivity contribution in [3.8, 4) is 5.75 Å². The van der Waals surface area contributed by atoms with Crippen molar-refractivity contribution in [1.82, 2.24) is 14.6 Å². The SMILES string of the molecule is CNC(=O)NCCc1c(C)n(SI)c2ccc(OC)cc12. The van der Waals surface area contributed by atoms with Crippen molar-refractivity contribution in [2.45, 2.75) is 13.3 Å². The number of carbonyl (C=O) groups excluding carboxylic acids is 1. The van der Waals surface area contributed by atoms with Crippen LogP contribution in [0.15, 0.2) is 18.2 Å². The average Bonchev–Trinajstić information content (AvgIpc) is 2.78. The van der Waals surface area contributed by atoms with Gasteiger partial charge in [0.2, 0.25) is 0 Å². The van der Waals surface area contributed by atoms with Gasteiger partial charge in [-0.15, -0.1) is 0 Å². The second kappa shape index (κ2) is 7.26. The van der Waals surface area contributed by atoms with E-state index in [0.29, 0.717) is 6.54 Å². The predicted molar refractivity (Wildman–Crippen MR) is 96.4 cm³/mol. The Bertz CT molecular complexity index is 657. The zero-order chi connectivity index (χ0) is 15.4. The van der Waals surface area contributed by atoms with E-state index in [4.69, 9.17) is 4.74 Å². The van der Waals surface area contributed by atoms with Gasteiger partial charge in [-0.3, -0.25) is 3.97 Å². The second-order valence-electron chi connectivity index (χ2n) is 4.57. The van der Waals surface area contributed by atoms with Gasteiger partial charge >= 0.3 is 6.03 Å². The molecule has 1 heterocycles. The Labute approximate surface area is 140 Å². The van der Waals surface area contributed by atoms with Crippen LogP contribution in [0.5, 0.6) is 5.75 Å². The van der Waals surface area contributed by atoms with Gasteiger partial charge in [0.25, 0.3) is 0 Å². The van der Waals surface area contributed by atoms with Gasteiger partial charge in [-0.25, -0.2) is 4.79 Å². The van der Waals surface area contributed by atoms with Crippen LogP contribution in [-0.4, -0.2) is 30.7 Å². The van der Waals surface area contributed by atoms with Crippen LogP contribution in [-0.2, 0) is 6.42 Å². The molecule has 2 rings (SSSR count). The van der Waals surface area contributed by atoms with Crippen molar-refractivity contribution in [2.24, 2.45) is 0 Å². The minimum Gasteiger partial charge on any atom is -0.497 e. The van der Waals surface area contributed by atoms with Gasteiger partial charge in [-0.05, 0) is 37.1 Å². The molecule has 114 valence electrons. The van der Waals surface area contributed by atoms with E-state index >= 15 is 0 Å². The van der Waals surface area contributed by atoms with E-state index in [-0.39, 0.29) is 6.03 Å². The summed E-state index contributed by atoms with van der Waals surface area (Å²) in [7, 11) is 4.94. The number of nitrogens with zero attached hydrogens (tertiary/aromatic N) is 1. The number of halogens is 1. The van der Waals surface area contributed by atoms with E-state index < -0.39 is 0 Å². The molecule has 0 bridgehead atoms. The highest BCUT2D eigenvalue weighted by molar-refractivity contribution is 14.2. The molecule has 2 N–H and O–H groups in total. The minimum absolute atomic E-state index is 0.155.